The average Bonchev–Trinajstić information content (AvgIpc) is 2.60. The third kappa shape index (κ3) is 4.07. The molecular formula is C16H21N5O2S. The molecule has 0 amide bonds. The van der Waals surface area contributed by atoms with Crippen molar-refractivity contribution < 1.29 is 8.42 Å². The van der Waals surface area contributed by atoms with Crippen molar-refractivity contribution in [2.45, 2.75) is 30.2 Å². The lowest BCUT2D eigenvalue weighted by Gasteiger charge is -2.24. The van der Waals surface area contributed by atoms with E-state index >= 15 is 0 Å². The summed E-state index contributed by atoms with van der Waals surface area (Å²) in [6.07, 6.45) is 8.04. The summed E-state index contributed by atoms with van der Waals surface area (Å²) in [6, 6.07) is 3.82. The van der Waals surface area contributed by atoms with Crippen LogP contribution in [-0.2, 0) is 16.4 Å². The molecule has 0 aromatic carbocycles. The third-order valence-electron chi connectivity index (χ3n) is 4.04. The van der Waals surface area contributed by atoms with Gasteiger partial charge in [0.15, 0.2) is 9.84 Å². The summed E-state index contributed by atoms with van der Waals surface area (Å²) >= 11 is 0. The van der Waals surface area contributed by atoms with Crippen molar-refractivity contribution in [3.05, 3.63) is 42.0 Å². The van der Waals surface area contributed by atoms with Crippen LogP contribution >= 0.6 is 0 Å². The topological polar surface area (TPSA) is 96.9 Å². The molecule has 0 spiro atoms. The van der Waals surface area contributed by atoms with Crippen LogP contribution in [0.5, 0.6) is 0 Å². The van der Waals surface area contributed by atoms with Gasteiger partial charge in [-0.25, -0.2) is 18.4 Å². The smallest absolute Gasteiger partial charge is 0.223 e. The number of anilines is 1. The van der Waals surface area contributed by atoms with E-state index < -0.39 is 9.84 Å². The van der Waals surface area contributed by atoms with Gasteiger partial charge in [-0.05, 0) is 31.0 Å². The van der Waals surface area contributed by atoms with Crippen molar-refractivity contribution >= 4 is 15.8 Å². The number of aromatic nitrogens is 3. The molecule has 1 saturated heterocycles. The Morgan fingerprint density at radius 2 is 2.25 bits per heavy atom. The van der Waals surface area contributed by atoms with Gasteiger partial charge in [-0.2, -0.15) is 0 Å². The van der Waals surface area contributed by atoms with Crippen LogP contribution in [0.2, 0.25) is 0 Å². The van der Waals surface area contributed by atoms with Crippen LogP contribution < -0.4 is 10.6 Å². The molecule has 1 atom stereocenters. The zero-order valence-electron chi connectivity index (χ0n) is 13.6. The predicted molar refractivity (Wildman–Crippen MR) is 91.6 cm³/mol. The molecule has 0 aliphatic carbocycles. The van der Waals surface area contributed by atoms with Gasteiger partial charge in [0.1, 0.15) is 4.90 Å². The Balaban J connectivity index is 1.86. The number of nitrogens with one attached hydrogen (secondary N) is 2. The molecule has 0 radical (unpaired) electrons. The summed E-state index contributed by atoms with van der Waals surface area (Å²) in [4.78, 5) is 13.0. The first-order valence-corrected chi connectivity index (χ1v) is 9.83. The fraction of sp³-hybridized carbons (Fsp3) is 0.438. The fourth-order valence-electron chi connectivity index (χ4n) is 2.82. The molecule has 0 unspecified atom stereocenters. The Bertz CT molecular complexity index is 789. The van der Waals surface area contributed by atoms with E-state index in [0.29, 0.717) is 18.2 Å². The Hall–Kier alpha value is -2.06. The van der Waals surface area contributed by atoms with E-state index in [2.05, 4.69) is 25.6 Å². The highest BCUT2D eigenvalue weighted by molar-refractivity contribution is 7.90. The molecule has 2 N–H and O–H groups in total. The molecule has 2 aromatic heterocycles. The van der Waals surface area contributed by atoms with Gasteiger partial charge >= 0.3 is 0 Å². The van der Waals surface area contributed by atoms with Gasteiger partial charge < -0.3 is 10.6 Å². The molecular weight excluding hydrogens is 326 g/mol. The lowest BCUT2D eigenvalue weighted by atomic mass is 9.96. The SMILES string of the molecule is CS(=O)(=O)c1cnc(NCc2cccnc2)nc1[C@H]1CCCNC1. The third-order valence-corrected chi connectivity index (χ3v) is 5.15. The number of pyridine rings is 1. The average molecular weight is 347 g/mol. The largest absolute Gasteiger partial charge is 0.350 e. The standard InChI is InChI=1S/C16H21N5O2S/c1-24(22,23)14-11-20-16(19-9-12-4-2-6-17-8-12)21-15(14)13-5-3-7-18-10-13/h2,4,6,8,11,13,18H,3,5,7,9-10H2,1H3,(H,19,20,21)/t13-/m0/s1. The highest BCUT2D eigenvalue weighted by atomic mass is 32.2. The first kappa shape index (κ1) is 16.8. The van der Waals surface area contributed by atoms with E-state index in [1.54, 1.807) is 12.4 Å². The first-order chi connectivity index (χ1) is 11.5. The summed E-state index contributed by atoms with van der Waals surface area (Å²) in [5, 5.41) is 6.45. The molecule has 3 rings (SSSR count). The maximum Gasteiger partial charge on any atom is 0.223 e. The van der Waals surface area contributed by atoms with Crippen LogP contribution in [0.3, 0.4) is 0 Å². The van der Waals surface area contributed by atoms with Crippen molar-refractivity contribution in [3.8, 4) is 0 Å². The molecule has 7 nitrogen and oxygen atoms in total. The van der Waals surface area contributed by atoms with Gasteiger partial charge in [0, 0.05) is 37.7 Å². The second-order valence-electron chi connectivity index (χ2n) is 5.97. The highest BCUT2D eigenvalue weighted by Crippen LogP contribution is 2.27. The van der Waals surface area contributed by atoms with E-state index in [1.165, 1.54) is 12.5 Å². The number of nitrogens with zero attached hydrogens (tertiary/aromatic N) is 3. The van der Waals surface area contributed by atoms with Crippen LogP contribution in [0.15, 0.2) is 35.6 Å². The molecule has 2 aromatic rings. The summed E-state index contributed by atoms with van der Waals surface area (Å²) < 4.78 is 24.1. The van der Waals surface area contributed by atoms with E-state index in [0.717, 1.165) is 31.5 Å². The second-order valence-corrected chi connectivity index (χ2v) is 7.96. The number of sulfone groups is 1. The van der Waals surface area contributed by atoms with Gasteiger partial charge in [-0.3, -0.25) is 4.98 Å². The molecule has 0 bridgehead atoms. The van der Waals surface area contributed by atoms with E-state index in [4.69, 9.17) is 0 Å². The van der Waals surface area contributed by atoms with Gasteiger partial charge in [0.2, 0.25) is 5.95 Å². The molecule has 1 fully saturated rings. The van der Waals surface area contributed by atoms with Crippen molar-refractivity contribution in [1.82, 2.24) is 20.3 Å². The number of piperidine rings is 1. The van der Waals surface area contributed by atoms with Crippen molar-refractivity contribution in [2.75, 3.05) is 24.7 Å². The van der Waals surface area contributed by atoms with Crippen molar-refractivity contribution in [1.29, 1.82) is 0 Å². The van der Waals surface area contributed by atoms with Gasteiger partial charge in [-0.1, -0.05) is 6.07 Å². The second kappa shape index (κ2) is 7.23. The van der Waals surface area contributed by atoms with Gasteiger partial charge in [-0.15, -0.1) is 0 Å². The number of rotatable bonds is 5. The Morgan fingerprint density at radius 3 is 2.92 bits per heavy atom. The maximum atomic E-state index is 12.1. The molecule has 3 heterocycles. The lowest BCUT2D eigenvalue weighted by Crippen LogP contribution is -2.30. The molecule has 24 heavy (non-hydrogen) atoms. The predicted octanol–water partition coefficient (Wildman–Crippen LogP) is 1.35. The van der Waals surface area contributed by atoms with Crippen LogP contribution in [0.1, 0.15) is 30.0 Å². The minimum atomic E-state index is -3.36. The van der Waals surface area contributed by atoms with Crippen LogP contribution in [0.25, 0.3) is 0 Å². The lowest BCUT2D eigenvalue weighted by molar-refractivity contribution is 0.448. The quantitative estimate of drug-likeness (QED) is 0.843. The fourth-order valence-corrected chi connectivity index (χ4v) is 3.65. The van der Waals surface area contributed by atoms with Gasteiger partial charge in [0.05, 0.1) is 11.9 Å². The van der Waals surface area contributed by atoms with Crippen molar-refractivity contribution in [3.63, 3.8) is 0 Å². The normalized spacial score (nSPS) is 18.3. The van der Waals surface area contributed by atoms with Crippen LogP contribution in [0.4, 0.5) is 5.95 Å². The molecule has 1 aliphatic heterocycles. The van der Waals surface area contributed by atoms with E-state index in [9.17, 15) is 8.42 Å². The zero-order chi connectivity index (χ0) is 17.0. The molecule has 0 saturated carbocycles. The monoisotopic (exact) mass is 347 g/mol. The van der Waals surface area contributed by atoms with Gasteiger partial charge in [0.25, 0.3) is 0 Å². The molecule has 1 aliphatic rings. The Kier molecular flexibility index (Phi) is 5.06. The Morgan fingerprint density at radius 1 is 1.38 bits per heavy atom. The summed E-state index contributed by atoms with van der Waals surface area (Å²) in [7, 11) is -3.36. The van der Waals surface area contributed by atoms with Crippen LogP contribution in [-0.4, -0.2) is 42.7 Å². The number of hydrogen-bond acceptors (Lipinski definition) is 7. The minimum Gasteiger partial charge on any atom is -0.350 e. The zero-order valence-corrected chi connectivity index (χ0v) is 14.4. The highest BCUT2D eigenvalue weighted by Gasteiger charge is 2.25. The minimum absolute atomic E-state index is 0.0883. The Labute approximate surface area is 141 Å². The van der Waals surface area contributed by atoms with Crippen molar-refractivity contribution in [2.24, 2.45) is 0 Å². The van der Waals surface area contributed by atoms with E-state index in [-0.39, 0.29) is 10.8 Å². The molecule has 8 heteroatoms. The number of hydrogen-bond donors (Lipinski definition) is 2. The summed E-state index contributed by atoms with van der Waals surface area (Å²) in [5.74, 6) is 0.525. The maximum absolute atomic E-state index is 12.1. The molecule has 128 valence electrons. The summed E-state index contributed by atoms with van der Waals surface area (Å²) in [5.41, 5.74) is 1.61. The summed E-state index contributed by atoms with van der Waals surface area (Å²) in [6.45, 7) is 2.23. The van der Waals surface area contributed by atoms with Crippen LogP contribution in [0, 0.1) is 0 Å². The first-order valence-electron chi connectivity index (χ1n) is 7.94. The van der Waals surface area contributed by atoms with E-state index in [1.807, 2.05) is 12.1 Å².